The van der Waals surface area contributed by atoms with Crippen LogP contribution >= 0.6 is 11.6 Å². The first-order valence-corrected chi connectivity index (χ1v) is 6.02. The summed E-state index contributed by atoms with van der Waals surface area (Å²) < 4.78 is 4.90. The van der Waals surface area contributed by atoms with Gasteiger partial charge < -0.3 is 9.42 Å². The monoisotopic (exact) mass is 242 g/mol. The molecule has 1 aliphatic heterocycles. The zero-order valence-corrected chi connectivity index (χ0v) is 10.0. The Morgan fingerprint density at radius 3 is 2.81 bits per heavy atom. The predicted octanol–water partition coefficient (Wildman–Crippen LogP) is 2.07. The highest BCUT2D eigenvalue weighted by Crippen LogP contribution is 2.19. The fourth-order valence-corrected chi connectivity index (χ4v) is 2.23. The molecule has 1 amide bonds. The molecule has 2 heterocycles. The van der Waals surface area contributed by atoms with Gasteiger partial charge >= 0.3 is 0 Å². The van der Waals surface area contributed by atoms with Crippen LogP contribution in [0.3, 0.4) is 0 Å². The summed E-state index contributed by atoms with van der Waals surface area (Å²) in [7, 11) is 0. The molecule has 4 nitrogen and oxygen atoms in total. The molecule has 1 aromatic heterocycles. The van der Waals surface area contributed by atoms with Gasteiger partial charge in [-0.15, -0.1) is 11.6 Å². The fraction of sp³-hybridized carbons (Fsp3) is 0.636. The van der Waals surface area contributed by atoms with Crippen molar-refractivity contribution >= 4 is 17.5 Å². The molecule has 16 heavy (non-hydrogen) atoms. The maximum absolute atomic E-state index is 12.0. The fourth-order valence-electron chi connectivity index (χ4n) is 1.92. The van der Waals surface area contributed by atoms with Crippen molar-refractivity contribution in [2.45, 2.75) is 19.8 Å². The van der Waals surface area contributed by atoms with Crippen molar-refractivity contribution < 1.29 is 9.32 Å². The molecule has 88 valence electrons. The summed E-state index contributed by atoms with van der Waals surface area (Å²) in [5, 5.41) is 3.74. The molecule has 1 fully saturated rings. The molecule has 0 spiro atoms. The predicted molar refractivity (Wildman–Crippen MR) is 60.6 cm³/mol. The first-order chi connectivity index (χ1) is 7.70. The minimum atomic E-state index is -0.0372. The molecule has 0 saturated carbocycles. The molecular weight excluding hydrogens is 228 g/mol. The van der Waals surface area contributed by atoms with E-state index in [-0.39, 0.29) is 5.91 Å². The van der Waals surface area contributed by atoms with Crippen LogP contribution in [0.15, 0.2) is 10.6 Å². The number of likely N-dealkylation sites (tertiary alicyclic amines) is 1. The van der Waals surface area contributed by atoms with Crippen LogP contribution < -0.4 is 0 Å². The molecule has 1 saturated heterocycles. The SMILES string of the molecule is Cc1cc(C(=O)N2CCC(CCl)CC2)no1. The Kier molecular flexibility index (Phi) is 3.49. The molecule has 0 radical (unpaired) electrons. The zero-order valence-electron chi connectivity index (χ0n) is 9.28. The smallest absolute Gasteiger partial charge is 0.276 e. The van der Waals surface area contributed by atoms with Crippen LogP contribution in [-0.2, 0) is 0 Å². The van der Waals surface area contributed by atoms with E-state index in [1.165, 1.54) is 0 Å². The molecule has 0 N–H and O–H groups in total. The normalized spacial score (nSPS) is 17.8. The van der Waals surface area contributed by atoms with Gasteiger partial charge in [0.2, 0.25) is 0 Å². The topological polar surface area (TPSA) is 46.3 Å². The third kappa shape index (κ3) is 2.38. The maximum Gasteiger partial charge on any atom is 0.276 e. The Morgan fingerprint density at radius 1 is 1.62 bits per heavy atom. The van der Waals surface area contributed by atoms with Gasteiger partial charge in [-0.1, -0.05) is 5.16 Å². The average molecular weight is 243 g/mol. The lowest BCUT2D eigenvalue weighted by Gasteiger charge is -2.30. The molecule has 0 aliphatic carbocycles. The molecule has 5 heteroatoms. The third-order valence-electron chi connectivity index (χ3n) is 2.97. The summed E-state index contributed by atoms with van der Waals surface area (Å²) in [6.45, 7) is 3.31. The summed E-state index contributed by atoms with van der Waals surface area (Å²) in [6.07, 6.45) is 1.96. The number of halogens is 1. The summed E-state index contributed by atoms with van der Waals surface area (Å²) in [6, 6.07) is 1.68. The summed E-state index contributed by atoms with van der Waals surface area (Å²) in [5.74, 6) is 1.86. The number of alkyl halides is 1. The second-order valence-corrected chi connectivity index (χ2v) is 4.52. The second-order valence-electron chi connectivity index (χ2n) is 4.21. The van der Waals surface area contributed by atoms with Gasteiger partial charge in [-0.3, -0.25) is 4.79 Å². The number of nitrogens with zero attached hydrogens (tertiary/aromatic N) is 2. The van der Waals surface area contributed by atoms with Crippen molar-refractivity contribution in [1.82, 2.24) is 10.1 Å². The van der Waals surface area contributed by atoms with E-state index in [4.69, 9.17) is 16.1 Å². The van der Waals surface area contributed by atoms with Crippen molar-refractivity contribution in [3.8, 4) is 0 Å². The van der Waals surface area contributed by atoms with E-state index in [9.17, 15) is 4.79 Å². The molecule has 1 aromatic rings. The van der Waals surface area contributed by atoms with Crippen LogP contribution in [0.1, 0.15) is 29.1 Å². The summed E-state index contributed by atoms with van der Waals surface area (Å²) in [5.41, 5.74) is 0.404. The molecule has 0 bridgehead atoms. The number of aromatic nitrogens is 1. The van der Waals surface area contributed by atoms with Crippen molar-refractivity contribution in [2.24, 2.45) is 5.92 Å². The van der Waals surface area contributed by atoms with E-state index in [1.807, 2.05) is 4.90 Å². The van der Waals surface area contributed by atoms with Crippen molar-refractivity contribution in [3.05, 3.63) is 17.5 Å². The number of piperidine rings is 1. The van der Waals surface area contributed by atoms with Crippen LogP contribution in [0, 0.1) is 12.8 Å². The highest BCUT2D eigenvalue weighted by Gasteiger charge is 2.24. The molecule has 1 aliphatic rings. The van der Waals surface area contributed by atoms with E-state index >= 15 is 0 Å². The van der Waals surface area contributed by atoms with Crippen molar-refractivity contribution in [1.29, 1.82) is 0 Å². The first-order valence-electron chi connectivity index (χ1n) is 5.49. The lowest BCUT2D eigenvalue weighted by atomic mass is 9.99. The van der Waals surface area contributed by atoms with Gasteiger partial charge in [0.05, 0.1) is 0 Å². The second kappa shape index (κ2) is 4.87. The van der Waals surface area contributed by atoms with Crippen LogP contribution in [0.4, 0.5) is 0 Å². The Balaban J connectivity index is 1.96. The van der Waals surface area contributed by atoms with Gasteiger partial charge in [0.25, 0.3) is 5.91 Å². The van der Waals surface area contributed by atoms with Crippen LogP contribution in [0.25, 0.3) is 0 Å². The summed E-state index contributed by atoms with van der Waals surface area (Å²) >= 11 is 5.80. The minimum Gasteiger partial charge on any atom is -0.361 e. The molecule has 0 atom stereocenters. The van der Waals surface area contributed by atoms with E-state index in [1.54, 1.807) is 13.0 Å². The number of carbonyl (C=O) groups is 1. The largest absolute Gasteiger partial charge is 0.361 e. The van der Waals surface area contributed by atoms with Crippen LogP contribution in [0.5, 0.6) is 0 Å². The van der Waals surface area contributed by atoms with Gasteiger partial charge in [-0.2, -0.15) is 0 Å². The Labute approximate surface area is 99.5 Å². The van der Waals surface area contributed by atoms with Crippen molar-refractivity contribution in [3.63, 3.8) is 0 Å². The minimum absolute atomic E-state index is 0.0372. The summed E-state index contributed by atoms with van der Waals surface area (Å²) in [4.78, 5) is 13.8. The Bertz CT molecular complexity index is 370. The van der Waals surface area contributed by atoms with Gasteiger partial charge in [0, 0.05) is 25.0 Å². The number of amides is 1. The Morgan fingerprint density at radius 2 is 2.31 bits per heavy atom. The van der Waals surface area contributed by atoms with Crippen LogP contribution in [0.2, 0.25) is 0 Å². The number of rotatable bonds is 2. The van der Waals surface area contributed by atoms with E-state index in [2.05, 4.69) is 5.16 Å². The lowest BCUT2D eigenvalue weighted by molar-refractivity contribution is 0.0687. The molecule has 2 rings (SSSR count). The van der Waals surface area contributed by atoms with Gasteiger partial charge in [-0.05, 0) is 25.7 Å². The highest BCUT2D eigenvalue weighted by atomic mass is 35.5. The molecule has 0 unspecified atom stereocenters. The van der Waals surface area contributed by atoms with E-state index in [0.29, 0.717) is 23.3 Å². The van der Waals surface area contributed by atoms with Crippen molar-refractivity contribution in [2.75, 3.05) is 19.0 Å². The van der Waals surface area contributed by atoms with Crippen LogP contribution in [-0.4, -0.2) is 34.9 Å². The van der Waals surface area contributed by atoms with E-state index < -0.39 is 0 Å². The zero-order chi connectivity index (χ0) is 11.5. The highest BCUT2D eigenvalue weighted by molar-refractivity contribution is 6.18. The number of hydrogen-bond donors (Lipinski definition) is 0. The molecular formula is C11H15ClN2O2. The van der Waals surface area contributed by atoms with Gasteiger partial charge in [0.15, 0.2) is 5.69 Å². The third-order valence-corrected chi connectivity index (χ3v) is 3.40. The van der Waals surface area contributed by atoms with Gasteiger partial charge in [0.1, 0.15) is 5.76 Å². The maximum atomic E-state index is 12.0. The number of carbonyl (C=O) groups excluding carboxylic acids is 1. The quantitative estimate of drug-likeness (QED) is 0.746. The van der Waals surface area contributed by atoms with Gasteiger partial charge in [-0.25, -0.2) is 0 Å². The lowest BCUT2D eigenvalue weighted by Crippen LogP contribution is -2.38. The number of aryl methyl sites for hydroxylation is 1. The average Bonchev–Trinajstić information content (AvgIpc) is 2.75. The van der Waals surface area contributed by atoms with E-state index in [0.717, 1.165) is 25.9 Å². The first kappa shape index (κ1) is 11.5. The Hall–Kier alpha value is -1.03. The number of hydrogen-bond acceptors (Lipinski definition) is 3. The molecule has 0 aromatic carbocycles. The standard InChI is InChI=1S/C11H15ClN2O2/c1-8-6-10(13-16-8)11(15)14-4-2-9(7-12)3-5-14/h6,9H,2-5,7H2,1H3.